The summed E-state index contributed by atoms with van der Waals surface area (Å²) in [6.07, 6.45) is 4.82. The molecule has 34 heavy (non-hydrogen) atoms. The van der Waals surface area contributed by atoms with Crippen molar-refractivity contribution in [3.63, 3.8) is 0 Å². The van der Waals surface area contributed by atoms with E-state index in [1.165, 1.54) is 18.1 Å². The van der Waals surface area contributed by atoms with Crippen LogP contribution in [0, 0.1) is 0 Å². The topological polar surface area (TPSA) is 109 Å². The lowest BCUT2D eigenvalue weighted by molar-refractivity contribution is 0.0946. The van der Waals surface area contributed by atoms with Gasteiger partial charge in [0.25, 0.3) is 11.5 Å². The molecule has 1 aliphatic carbocycles. The van der Waals surface area contributed by atoms with Gasteiger partial charge in [0.1, 0.15) is 10.6 Å². The summed E-state index contributed by atoms with van der Waals surface area (Å²) in [5.74, 6) is -0.370. The van der Waals surface area contributed by atoms with Crippen molar-refractivity contribution in [3.05, 3.63) is 75.4 Å². The molecular formula is C25H21N3O4S2. The number of fused-ring (bicyclic) bond motifs is 2. The minimum absolute atomic E-state index is 0.0446. The summed E-state index contributed by atoms with van der Waals surface area (Å²) in [5.41, 5.74) is 3.13. The van der Waals surface area contributed by atoms with Crippen molar-refractivity contribution in [2.45, 2.75) is 31.2 Å². The van der Waals surface area contributed by atoms with E-state index in [1.54, 1.807) is 17.4 Å². The van der Waals surface area contributed by atoms with E-state index >= 15 is 0 Å². The Kier molecular flexibility index (Phi) is 4.93. The van der Waals surface area contributed by atoms with Crippen LogP contribution in [0.2, 0.25) is 0 Å². The van der Waals surface area contributed by atoms with Gasteiger partial charge in [-0.2, -0.15) is 0 Å². The number of carbonyl (C=O) groups excluding carboxylic acids is 1. The molecule has 1 aliphatic heterocycles. The van der Waals surface area contributed by atoms with Gasteiger partial charge in [-0.15, -0.1) is 11.3 Å². The highest BCUT2D eigenvalue weighted by Gasteiger charge is 2.27. The summed E-state index contributed by atoms with van der Waals surface area (Å²) in [6.45, 7) is 0. The van der Waals surface area contributed by atoms with E-state index in [0.29, 0.717) is 11.4 Å². The zero-order chi connectivity index (χ0) is 23.4. The number of rotatable bonds is 4. The molecule has 4 aromatic rings. The standard InChI is InChI=1S/C25H21N3O4S2/c29-23(26-16-10-11-34(31,32)13-16)18-12-15-8-9-17(14-4-3-5-14)21(22(15)28-24(18)30)25-27-19-6-1-2-7-20(19)33-25/h1-2,6-12,14,16H,3-5,13H2,(H,26,29)(H,28,30)/t16-/m1/s1. The molecule has 7 nitrogen and oxygen atoms in total. The number of hydrogen-bond donors (Lipinski definition) is 2. The first-order chi connectivity index (χ1) is 16.4. The van der Waals surface area contributed by atoms with E-state index in [4.69, 9.17) is 4.98 Å². The Bertz CT molecular complexity index is 1630. The van der Waals surface area contributed by atoms with Crippen LogP contribution < -0.4 is 10.9 Å². The van der Waals surface area contributed by atoms with E-state index in [2.05, 4.69) is 16.4 Å². The Morgan fingerprint density at radius 2 is 1.97 bits per heavy atom. The predicted molar refractivity (Wildman–Crippen MR) is 134 cm³/mol. The fourth-order valence-electron chi connectivity index (χ4n) is 4.64. The Morgan fingerprint density at radius 3 is 2.68 bits per heavy atom. The molecule has 0 saturated heterocycles. The smallest absolute Gasteiger partial charge is 0.261 e. The molecule has 2 N–H and O–H groups in total. The van der Waals surface area contributed by atoms with Gasteiger partial charge in [0.05, 0.1) is 27.5 Å². The third kappa shape index (κ3) is 3.65. The lowest BCUT2D eigenvalue weighted by Gasteiger charge is -2.28. The maximum absolute atomic E-state index is 13.0. The molecule has 3 heterocycles. The van der Waals surface area contributed by atoms with Crippen molar-refractivity contribution in [3.8, 4) is 10.6 Å². The first-order valence-corrected chi connectivity index (χ1v) is 13.7. The molecule has 1 atom stereocenters. The summed E-state index contributed by atoms with van der Waals surface area (Å²) in [4.78, 5) is 33.6. The van der Waals surface area contributed by atoms with Gasteiger partial charge in [-0.1, -0.05) is 30.7 Å². The maximum Gasteiger partial charge on any atom is 0.261 e. The number of amides is 1. The number of thiazole rings is 1. The number of sulfone groups is 1. The van der Waals surface area contributed by atoms with Crippen LogP contribution in [0.4, 0.5) is 0 Å². The second kappa shape index (κ2) is 7.89. The van der Waals surface area contributed by atoms with E-state index < -0.39 is 27.3 Å². The van der Waals surface area contributed by atoms with E-state index in [9.17, 15) is 18.0 Å². The minimum atomic E-state index is -3.31. The van der Waals surface area contributed by atoms with Crippen molar-refractivity contribution in [1.29, 1.82) is 0 Å². The van der Waals surface area contributed by atoms with E-state index in [1.807, 2.05) is 30.3 Å². The first kappa shape index (κ1) is 21.2. The summed E-state index contributed by atoms with van der Waals surface area (Å²) >= 11 is 1.59. The van der Waals surface area contributed by atoms with Gasteiger partial charge >= 0.3 is 0 Å². The maximum atomic E-state index is 13.0. The number of benzene rings is 2. The van der Waals surface area contributed by atoms with Gasteiger partial charge in [0, 0.05) is 11.0 Å². The largest absolute Gasteiger partial charge is 0.345 e. The fourth-order valence-corrected chi connectivity index (χ4v) is 6.92. The van der Waals surface area contributed by atoms with Crippen molar-refractivity contribution in [2.24, 2.45) is 0 Å². The summed E-state index contributed by atoms with van der Waals surface area (Å²) in [6, 6.07) is 12.9. The second-order valence-corrected chi connectivity index (χ2v) is 11.8. The van der Waals surface area contributed by atoms with Crippen LogP contribution >= 0.6 is 11.3 Å². The van der Waals surface area contributed by atoms with Crippen LogP contribution in [0.25, 0.3) is 31.7 Å². The quantitative estimate of drug-likeness (QED) is 0.447. The van der Waals surface area contributed by atoms with Gasteiger partial charge in [0.15, 0.2) is 9.84 Å². The van der Waals surface area contributed by atoms with Crippen LogP contribution in [0.5, 0.6) is 0 Å². The zero-order valence-corrected chi connectivity index (χ0v) is 19.7. The Balaban J connectivity index is 1.46. The van der Waals surface area contributed by atoms with Crippen molar-refractivity contribution in [1.82, 2.24) is 15.3 Å². The van der Waals surface area contributed by atoms with Gasteiger partial charge in [0.2, 0.25) is 0 Å². The molecule has 0 radical (unpaired) electrons. The number of aromatic nitrogens is 2. The number of para-hydroxylation sites is 1. The highest BCUT2D eigenvalue weighted by atomic mass is 32.2. The number of aromatic amines is 1. The van der Waals surface area contributed by atoms with Crippen molar-refractivity contribution < 1.29 is 13.2 Å². The number of carbonyl (C=O) groups is 1. The SMILES string of the molecule is O=C(N[C@@H]1C=CS(=O)(=O)C1)c1cc2ccc(C3CCC3)c(-c3nc4ccccc4s3)c2[nH]c1=O. The van der Waals surface area contributed by atoms with Crippen molar-refractivity contribution in [2.75, 3.05) is 5.75 Å². The molecule has 2 aromatic heterocycles. The second-order valence-electron chi connectivity index (χ2n) is 8.86. The number of hydrogen-bond acceptors (Lipinski definition) is 6. The average Bonchev–Trinajstić information content (AvgIpc) is 3.34. The molecule has 1 amide bonds. The Hall–Kier alpha value is -3.30. The van der Waals surface area contributed by atoms with E-state index in [-0.39, 0.29) is 11.3 Å². The molecule has 9 heteroatoms. The summed E-state index contributed by atoms with van der Waals surface area (Å²) in [5, 5.41) is 5.31. The molecule has 2 aromatic carbocycles. The molecule has 0 spiro atoms. The zero-order valence-electron chi connectivity index (χ0n) is 18.1. The molecule has 6 rings (SSSR count). The molecule has 0 bridgehead atoms. The minimum Gasteiger partial charge on any atom is -0.345 e. The monoisotopic (exact) mass is 491 g/mol. The molecule has 2 aliphatic rings. The Morgan fingerprint density at radius 1 is 1.15 bits per heavy atom. The summed E-state index contributed by atoms with van der Waals surface area (Å²) in [7, 11) is -3.31. The Labute approximate surface area is 199 Å². The molecule has 1 fully saturated rings. The van der Waals surface area contributed by atoms with Gasteiger partial charge in [-0.05, 0) is 54.0 Å². The predicted octanol–water partition coefficient (Wildman–Crippen LogP) is 4.11. The van der Waals surface area contributed by atoms with Gasteiger partial charge in [-0.25, -0.2) is 13.4 Å². The molecular weight excluding hydrogens is 470 g/mol. The third-order valence-corrected chi connectivity index (χ3v) is 9.05. The number of nitrogens with zero attached hydrogens (tertiary/aromatic N) is 1. The highest BCUT2D eigenvalue weighted by Crippen LogP contribution is 2.45. The lowest BCUT2D eigenvalue weighted by atomic mass is 9.77. The molecule has 1 saturated carbocycles. The van der Waals surface area contributed by atoms with Gasteiger partial charge in [-0.3, -0.25) is 9.59 Å². The lowest BCUT2D eigenvalue weighted by Crippen LogP contribution is -2.38. The number of H-pyrrole nitrogens is 1. The normalized spacial score (nSPS) is 19.5. The fraction of sp³-hybridized carbons (Fsp3) is 0.240. The van der Waals surface area contributed by atoms with E-state index in [0.717, 1.165) is 44.4 Å². The van der Waals surface area contributed by atoms with Crippen LogP contribution in [0.1, 0.15) is 41.1 Å². The van der Waals surface area contributed by atoms with Crippen molar-refractivity contribution >= 4 is 48.2 Å². The van der Waals surface area contributed by atoms with Crippen LogP contribution in [-0.2, 0) is 9.84 Å². The number of pyridine rings is 1. The average molecular weight is 492 g/mol. The third-order valence-electron chi connectivity index (χ3n) is 6.60. The highest BCUT2D eigenvalue weighted by molar-refractivity contribution is 7.94. The van der Waals surface area contributed by atoms with Crippen LogP contribution in [0.3, 0.4) is 0 Å². The molecule has 0 unspecified atom stereocenters. The number of nitrogens with one attached hydrogen (secondary N) is 2. The first-order valence-electron chi connectivity index (χ1n) is 11.2. The van der Waals surface area contributed by atoms with Crippen LogP contribution in [-0.4, -0.2) is 36.1 Å². The van der Waals surface area contributed by atoms with Crippen LogP contribution in [0.15, 0.2) is 58.7 Å². The van der Waals surface area contributed by atoms with Gasteiger partial charge < -0.3 is 10.3 Å². The summed E-state index contributed by atoms with van der Waals surface area (Å²) < 4.78 is 24.4. The molecule has 172 valence electrons.